The van der Waals surface area contributed by atoms with E-state index < -0.39 is 60.7 Å². The second kappa shape index (κ2) is 21.3. The van der Waals surface area contributed by atoms with Gasteiger partial charge < -0.3 is 25.0 Å². The van der Waals surface area contributed by atoms with E-state index in [0.29, 0.717) is 51.6 Å². The van der Waals surface area contributed by atoms with Gasteiger partial charge in [-0.2, -0.15) is 41.4 Å². The highest BCUT2D eigenvalue weighted by Gasteiger charge is 2.44. The largest absolute Gasteiger partial charge is 0.424 e. The maximum Gasteiger partial charge on any atom is 0.408 e. The Morgan fingerprint density at radius 1 is 0.592 bits per heavy atom. The quantitative estimate of drug-likeness (QED) is 0.129. The standard InChI is InChI=1S/C23H23F5N6O.C12H18N4.C10H5BrF5N3O/c1-13-6-21(30-12-29-13)33-9-14-2-3-15(10-33)17(14)8-20-31-22(34(32-20)11-23(26,27)28)35-16-4-5-18(24)19(25)7-16;1-8-4-11(15-7-14-8)16-5-9-2-3-10(6-16)12(9)13;11-8-17-9(19(18-8)4-10(14,15)16)20-5-1-2-6(12)7(13)3-5/h4-7,12,14-15,17H,2-3,8-11H2,1H3;4,7,9-10,12H,2-3,5-6,13H2,1H3;1-3H,4H2. The topological polar surface area (TPSA) is 164 Å². The Hall–Kier alpha value is -6.18. The maximum atomic E-state index is 13.5. The molecular weight excluding hydrogens is 1020 g/mol. The Labute approximate surface area is 408 Å². The summed E-state index contributed by atoms with van der Waals surface area (Å²) in [6.07, 6.45) is -0.888. The van der Waals surface area contributed by atoms with E-state index >= 15 is 0 Å². The first-order valence-electron chi connectivity index (χ1n) is 22.4. The fourth-order valence-electron chi connectivity index (χ4n) is 9.49. The van der Waals surface area contributed by atoms with Crippen LogP contribution >= 0.6 is 15.9 Å². The number of aromatic nitrogens is 10. The van der Waals surface area contributed by atoms with Crippen LogP contribution in [0.15, 0.2) is 65.9 Å². The number of piperidine rings is 2. The number of anilines is 2. The molecule has 2 saturated heterocycles. The summed E-state index contributed by atoms with van der Waals surface area (Å²) >= 11 is 2.81. The van der Waals surface area contributed by atoms with Gasteiger partial charge in [-0.1, -0.05) is 0 Å². The van der Waals surface area contributed by atoms with Crippen LogP contribution in [0.25, 0.3) is 0 Å². The van der Waals surface area contributed by atoms with Gasteiger partial charge in [-0.3, -0.25) is 0 Å². The number of hydrogen-bond donors (Lipinski definition) is 1. The minimum atomic E-state index is -4.56. The van der Waals surface area contributed by atoms with Crippen molar-refractivity contribution in [1.82, 2.24) is 49.5 Å². The molecule has 4 atom stereocenters. The Kier molecular flexibility index (Phi) is 15.3. The normalized spacial score (nSPS) is 21.6. The van der Waals surface area contributed by atoms with Crippen molar-refractivity contribution in [3.8, 4) is 23.5 Å². The second-order valence-corrected chi connectivity index (χ2v) is 18.6. The van der Waals surface area contributed by atoms with Gasteiger partial charge in [-0.05, 0) is 109 Å². The van der Waals surface area contributed by atoms with Crippen molar-refractivity contribution in [2.75, 3.05) is 36.0 Å². The van der Waals surface area contributed by atoms with Crippen LogP contribution in [0, 0.1) is 66.7 Å². The maximum absolute atomic E-state index is 13.5. The summed E-state index contributed by atoms with van der Waals surface area (Å²) in [5, 5.41) is 7.51. The average molecular weight is 1070 g/mol. The first-order chi connectivity index (χ1) is 33.6. The van der Waals surface area contributed by atoms with Crippen molar-refractivity contribution >= 4 is 27.6 Å². The van der Waals surface area contributed by atoms with Gasteiger partial charge in [0.25, 0.3) is 0 Å². The molecule has 0 amide bonds. The lowest BCUT2D eigenvalue weighted by Crippen LogP contribution is -2.49. The van der Waals surface area contributed by atoms with Gasteiger partial charge in [0, 0.05) is 74.3 Å². The first-order valence-corrected chi connectivity index (χ1v) is 23.2. The molecule has 4 fully saturated rings. The molecule has 2 N–H and O–H groups in total. The molecule has 15 nitrogen and oxygen atoms in total. The van der Waals surface area contributed by atoms with E-state index in [2.05, 4.69) is 71.9 Å². The molecule has 4 bridgehead atoms. The minimum absolute atomic E-state index is 0.126. The smallest absolute Gasteiger partial charge is 0.408 e. The lowest BCUT2D eigenvalue weighted by molar-refractivity contribution is -0.144. The molecule has 4 aliphatic rings. The third-order valence-electron chi connectivity index (χ3n) is 12.7. The molecule has 380 valence electrons. The number of nitrogens with two attached hydrogens (primary N) is 1. The molecular formula is C45H46BrF10N13O2. The van der Waals surface area contributed by atoms with Gasteiger partial charge in [0.1, 0.15) is 48.9 Å². The number of ether oxygens (including phenoxy) is 2. The van der Waals surface area contributed by atoms with Crippen LogP contribution in [0.2, 0.25) is 0 Å². The predicted octanol–water partition coefficient (Wildman–Crippen LogP) is 9.35. The highest BCUT2D eigenvalue weighted by Crippen LogP contribution is 2.45. The molecule has 71 heavy (non-hydrogen) atoms. The van der Waals surface area contributed by atoms with Crippen LogP contribution in [-0.4, -0.2) is 94.0 Å². The third-order valence-corrected chi connectivity index (χ3v) is 13.1. The molecule has 4 unspecified atom stereocenters. The van der Waals surface area contributed by atoms with E-state index in [9.17, 15) is 43.9 Å². The number of halogens is 11. The Morgan fingerprint density at radius 3 is 1.48 bits per heavy atom. The second-order valence-electron chi connectivity index (χ2n) is 17.9. The fraction of sp³-hybridized carbons (Fsp3) is 0.467. The van der Waals surface area contributed by atoms with E-state index in [0.717, 1.165) is 92.4 Å². The Balaban J connectivity index is 0.000000158. The summed E-state index contributed by atoms with van der Waals surface area (Å²) in [6.45, 7) is 4.80. The van der Waals surface area contributed by atoms with Crippen molar-refractivity contribution in [3.05, 3.63) is 106 Å². The van der Waals surface area contributed by atoms with Gasteiger partial charge in [-0.25, -0.2) is 46.9 Å². The third kappa shape index (κ3) is 13.2. The molecule has 6 aromatic rings. The average Bonchev–Trinajstić information content (AvgIpc) is 3.94. The van der Waals surface area contributed by atoms with Gasteiger partial charge in [0.2, 0.25) is 4.73 Å². The molecule has 0 spiro atoms. The van der Waals surface area contributed by atoms with Crippen molar-refractivity contribution in [2.24, 2.45) is 35.3 Å². The zero-order valence-electron chi connectivity index (χ0n) is 37.9. The Bertz CT molecular complexity index is 2770. The molecule has 2 aliphatic heterocycles. The molecule has 2 aromatic carbocycles. The summed E-state index contributed by atoms with van der Waals surface area (Å²) in [7, 11) is 0. The van der Waals surface area contributed by atoms with Crippen LogP contribution in [0.5, 0.6) is 23.5 Å². The van der Waals surface area contributed by atoms with E-state index in [1.165, 1.54) is 12.8 Å². The summed E-state index contributed by atoms with van der Waals surface area (Å²) in [5.74, 6) is -0.552. The molecule has 2 aliphatic carbocycles. The highest BCUT2D eigenvalue weighted by molar-refractivity contribution is 9.10. The molecule has 6 heterocycles. The highest BCUT2D eigenvalue weighted by atomic mass is 79.9. The number of hydrogen-bond acceptors (Lipinski definition) is 13. The number of benzene rings is 2. The van der Waals surface area contributed by atoms with Gasteiger partial charge in [0.15, 0.2) is 29.1 Å². The summed E-state index contributed by atoms with van der Waals surface area (Å²) < 4.78 is 140. The Morgan fingerprint density at radius 2 is 1.03 bits per heavy atom. The summed E-state index contributed by atoms with van der Waals surface area (Å²) in [6, 6.07) is 8.75. The van der Waals surface area contributed by atoms with Gasteiger partial charge >= 0.3 is 24.4 Å². The predicted molar refractivity (Wildman–Crippen MR) is 238 cm³/mol. The van der Waals surface area contributed by atoms with E-state index in [-0.39, 0.29) is 28.0 Å². The summed E-state index contributed by atoms with van der Waals surface area (Å²) in [5.41, 5.74) is 8.12. The van der Waals surface area contributed by atoms with E-state index in [1.54, 1.807) is 12.7 Å². The van der Waals surface area contributed by atoms with Crippen LogP contribution in [0.1, 0.15) is 42.9 Å². The number of aryl methyl sites for hydroxylation is 2. The minimum Gasteiger partial charge on any atom is -0.424 e. The molecule has 2 saturated carbocycles. The van der Waals surface area contributed by atoms with Gasteiger partial charge in [-0.15, -0.1) is 5.10 Å². The molecule has 10 rings (SSSR count). The molecule has 4 aromatic heterocycles. The van der Waals surface area contributed by atoms with Crippen LogP contribution in [-0.2, 0) is 19.5 Å². The zero-order chi connectivity index (χ0) is 50.8. The molecule has 26 heteroatoms. The van der Waals surface area contributed by atoms with Gasteiger partial charge in [0.05, 0.1) is 0 Å². The zero-order valence-corrected chi connectivity index (χ0v) is 39.5. The number of fused-ring (bicyclic) bond motifs is 4. The monoisotopic (exact) mass is 1070 g/mol. The van der Waals surface area contributed by atoms with Crippen molar-refractivity contribution in [1.29, 1.82) is 0 Å². The van der Waals surface area contributed by atoms with Crippen LogP contribution in [0.3, 0.4) is 0 Å². The lowest BCUT2D eigenvalue weighted by Gasteiger charge is -2.38. The molecule has 0 radical (unpaired) electrons. The fourth-order valence-corrected chi connectivity index (χ4v) is 9.84. The number of alkyl halides is 6. The first kappa shape index (κ1) is 51.2. The number of nitrogens with zero attached hydrogens (tertiary/aromatic N) is 12. The SMILES string of the molecule is Cc1cc(N2CC3CCC(C2)C3Cc2nc(Oc3ccc(F)c(F)c3)n(CC(F)(F)F)n2)ncn1.Cc1cc(N2CC3CCC(C2)C3N)ncn1.Fc1ccc(Oc2nc(Br)nn2CC(F)(F)F)cc1F. The van der Waals surface area contributed by atoms with Crippen molar-refractivity contribution in [3.63, 3.8) is 0 Å². The summed E-state index contributed by atoms with van der Waals surface area (Å²) in [4.78, 5) is 29.4. The van der Waals surface area contributed by atoms with E-state index in [1.807, 2.05) is 19.9 Å². The number of rotatable bonds is 10. The van der Waals surface area contributed by atoms with E-state index in [4.69, 9.17) is 15.2 Å². The lowest BCUT2D eigenvalue weighted by atomic mass is 9.82. The van der Waals surface area contributed by atoms with Crippen molar-refractivity contribution < 1.29 is 53.4 Å². The van der Waals surface area contributed by atoms with Crippen LogP contribution < -0.4 is 25.0 Å². The van der Waals surface area contributed by atoms with Crippen LogP contribution in [0.4, 0.5) is 55.5 Å². The van der Waals surface area contributed by atoms with Crippen molar-refractivity contribution in [2.45, 2.75) is 77.4 Å².